The van der Waals surface area contributed by atoms with E-state index in [0.717, 1.165) is 17.5 Å². The summed E-state index contributed by atoms with van der Waals surface area (Å²) in [4.78, 5) is 28.9. The Kier molecular flexibility index (Phi) is 7.73. The molecule has 0 aliphatic carbocycles. The molecule has 2 N–H and O–H groups in total. The smallest absolute Gasteiger partial charge is 0.270 e. The van der Waals surface area contributed by atoms with E-state index < -0.39 is 12.1 Å². The monoisotopic (exact) mass is 453 g/mol. The van der Waals surface area contributed by atoms with Gasteiger partial charge in [-0.05, 0) is 36.6 Å². The Bertz CT molecular complexity index is 1030. The SMILES string of the molecule is CCc1ccc(C(C#N)NC(=O)C2CN(CCNC(=O)c3cc(Cl)cc(C)n3)N=N2)cc1. The molecule has 0 fully saturated rings. The number of nitriles is 1. The van der Waals surface area contributed by atoms with Crippen molar-refractivity contribution in [2.24, 2.45) is 10.3 Å². The van der Waals surface area contributed by atoms with Crippen molar-refractivity contribution in [3.63, 3.8) is 0 Å². The third-order valence-electron chi connectivity index (χ3n) is 4.95. The normalized spacial score (nSPS) is 15.8. The fraction of sp³-hybridized carbons (Fsp3) is 0.364. The second kappa shape index (κ2) is 10.7. The molecule has 0 radical (unpaired) electrons. The molecule has 3 rings (SSSR count). The lowest BCUT2D eigenvalue weighted by Gasteiger charge is -2.16. The quantitative estimate of drug-likeness (QED) is 0.636. The van der Waals surface area contributed by atoms with Gasteiger partial charge >= 0.3 is 0 Å². The Balaban J connectivity index is 1.46. The zero-order chi connectivity index (χ0) is 23.1. The maximum absolute atomic E-state index is 12.6. The zero-order valence-corrected chi connectivity index (χ0v) is 18.6. The minimum atomic E-state index is -0.759. The number of benzene rings is 1. The Morgan fingerprint density at radius 3 is 2.72 bits per heavy atom. The van der Waals surface area contributed by atoms with E-state index in [-0.39, 0.29) is 24.1 Å². The molecule has 1 aliphatic heterocycles. The minimum Gasteiger partial charge on any atom is -0.349 e. The van der Waals surface area contributed by atoms with Crippen LogP contribution in [0.4, 0.5) is 0 Å². The number of carbonyl (C=O) groups excluding carboxylic acids is 2. The van der Waals surface area contributed by atoms with Crippen LogP contribution in [0.15, 0.2) is 46.7 Å². The second-order valence-electron chi connectivity index (χ2n) is 7.37. The Hall–Kier alpha value is -3.51. The summed E-state index contributed by atoms with van der Waals surface area (Å²) in [6.45, 7) is 4.75. The molecule has 2 heterocycles. The van der Waals surface area contributed by atoms with Gasteiger partial charge in [0.1, 0.15) is 11.7 Å². The van der Waals surface area contributed by atoms with Gasteiger partial charge in [0, 0.05) is 17.3 Å². The van der Waals surface area contributed by atoms with Gasteiger partial charge in [-0.3, -0.25) is 14.6 Å². The van der Waals surface area contributed by atoms with Gasteiger partial charge in [-0.1, -0.05) is 48.0 Å². The molecular formula is C22H24ClN7O2. The van der Waals surface area contributed by atoms with Gasteiger partial charge in [-0.25, -0.2) is 4.98 Å². The summed E-state index contributed by atoms with van der Waals surface area (Å²) in [5.74, 6) is -0.711. The number of carbonyl (C=O) groups is 2. The van der Waals surface area contributed by atoms with Crippen LogP contribution in [0.5, 0.6) is 0 Å². The number of aryl methyl sites for hydroxylation is 2. The number of hydrogen-bond donors (Lipinski definition) is 2. The summed E-state index contributed by atoms with van der Waals surface area (Å²) in [5.41, 5.74) is 2.77. The number of pyridine rings is 1. The van der Waals surface area contributed by atoms with Crippen LogP contribution in [0, 0.1) is 18.3 Å². The molecule has 10 heteroatoms. The first-order valence-corrected chi connectivity index (χ1v) is 10.6. The van der Waals surface area contributed by atoms with Gasteiger partial charge in [0.05, 0.1) is 19.2 Å². The second-order valence-corrected chi connectivity index (χ2v) is 7.80. The number of aromatic nitrogens is 1. The summed E-state index contributed by atoms with van der Waals surface area (Å²) in [6, 6.07) is 11.4. The summed E-state index contributed by atoms with van der Waals surface area (Å²) >= 11 is 5.96. The Morgan fingerprint density at radius 2 is 2.06 bits per heavy atom. The third-order valence-corrected chi connectivity index (χ3v) is 5.17. The molecule has 0 spiro atoms. The number of hydrogen-bond acceptors (Lipinski definition) is 7. The first-order valence-electron chi connectivity index (χ1n) is 10.3. The van der Waals surface area contributed by atoms with Crippen LogP contribution in [0.2, 0.25) is 5.02 Å². The van der Waals surface area contributed by atoms with Gasteiger partial charge in [-0.15, -0.1) is 0 Å². The molecule has 1 aromatic heterocycles. The number of amides is 2. The maximum atomic E-state index is 12.6. The molecular weight excluding hydrogens is 430 g/mol. The predicted molar refractivity (Wildman–Crippen MR) is 119 cm³/mol. The molecule has 2 atom stereocenters. The highest BCUT2D eigenvalue weighted by Crippen LogP contribution is 2.16. The van der Waals surface area contributed by atoms with Crippen molar-refractivity contribution in [2.75, 3.05) is 19.6 Å². The van der Waals surface area contributed by atoms with E-state index in [4.69, 9.17) is 11.6 Å². The van der Waals surface area contributed by atoms with E-state index in [2.05, 4.69) is 38.9 Å². The molecule has 32 heavy (non-hydrogen) atoms. The van der Waals surface area contributed by atoms with Crippen molar-refractivity contribution in [1.82, 2.24) is 20.6 Å². The summed E-state index contributed by atoms with van der Waals surface area (Å²) < 4.78 is 0. The third kappa shape index (κ3) is 6.02. The predicted octanol–water partition coefficient (Wildman–Crippen LogP) is 2.77. The van der Waals surface area contributed by atoms with Crippen LogP contribution in [0.25, 0.3) is 0 Å². The van der Waals surface area contributed by atoms with Gasteiger partial charge in [0.15, 0.2) is 6.04 Å². The molecule has 0 saturated heterocycles. The largest absolute Gasteiger partial charge is 0.349 e. The maximum Gasteiger partial charge on any atom is 0.270 e. The lowest BCUT2D eigenvalue weighted by Crippen LogP contribution is -2.40. The van der Waals surface area contributed by atoms with Crippen molar-refractivity contribution in [3.8, 4) is 6.07 Å². The summed E-state index contributed by atoms with van der Waals surface area (Å²) in [7, 11) is 0. The van der Waals surface area contributed by atoms with Crippen LogP contribution < -0.4 is 10.6 Å². The van der Waals surface area contributed by atoms with E-state index in [1.807, 2.05) is 24.3 Å². The van der Waals surface area contributed by atoms with Crippen molar-refractivity contribution in [3.05, 3.63) is 63.9 Å². The molecule has 2 amide bonds. The van der Waals surface area contributed by atoms with Gasteiger partial charge in [0.2, 0.25) is 5.91 Å². The van der Waals surface area contributed by atoms with Gasteiger partial charge in [0.25, 0.3) is 5.91 Å². The average molecular weight is 454 g/mol. The van der Waals surface area contributed by atoms with Gasteiger partial charge in [-0.2, -0.15) is 10.4 Å². The highest BCUT2D eigenvalue weighted by molar-refractivity contribution is 6.30. The number of rotatable bonds is 8. The zero-order valence-electron chi connectivity index (χ0n) is 17.9. The fourth-order valence-corrected chi connectivity index (χ4v) is 3.45. The summed E-state index contributed by atoms with van der Waals surface area (Å²) in [5, 5.41) is 25.0. The number of halogens is 1. The highest BCUT2D eigenvalue weighted by atomic mass is 35.5. The minimum absolute atomic E-state index is 0.241. The molecule has 9 nitrogen and oxygen atoms in total. The van der Waals surface area contributed by atoms with Crippen molar-refractivity contribution in [2.45, 2.75) is 32.4 Å². The molecule has 166 valence electrons. The van der Waals surface area contributed by atoms with Crippen molar-refractivity contribution >= 4 is 23.4 Å². The first-order chi connectivity index (χ1) is 15.4. The number of nitrogens with one attached hydrogen (secondary N) is 2. The lowest BCUT2D eigenvalue weighted by atomic mass is 10.0. The molecule has 0 bridgehead atoms. The van der Waals surface area contributed by atoms with Crippen LogP contribution in [0.3, 0.4) is 0 Å². The van der Waals surface area contributed by atoms with E-state index in [1.54, 1.807) is 18.0 Å². The van der Waals surface area contributed by atoms with Crippen LogP contribution in [0.1, 0.15) is 40.3 Å². The van der Waals surface area contributed by atoms with Crippen LogP contribution in [-0.4, -0.2) is 47.5 Å². The van der Waals surface area contributed by atoms with Crippen LogP contribution >= 0.6 is 11.6 Å². The topological polar surface area (TPSA) is 123 Å². The van der Waals surface area contributed by atoms with Crippen LogP contribution in [-0.2, 0) is 11.2 Å². The van der Waals surface area contributed by atoms with Crippen molar-refractivity contribution in [1.29, 1.82) is 5.26 Å². The van der Waals surface area contributed by atoms with E-state index in [1.165, 1.54) is 6.07 Å². The summed E-state index contributed by atoms with van der Waals surface area (Å²) in [6.07, 6.45) is 0.901. The van der Waals surface area contributed by atoms with E-state index >= 15 is 0 Å². The van der Waals surface area contributed by atoms with E-state index in [9.17, 15) is 14.9 Å². The molecule has 0 saturated carbocycles. The Labute approximate surface area is 191 Å². The average Bonchev–Trinajstić information content (AvgIpc) is 3.26. The standard InChI is InChI=1S/C22H24ClN7O2/c1-3-15-4-6-16(7-5-15)19(12-24)27-22(32)20-13-30(29-28-20)9-8-25-21(31)18-11-17(23)10-14(2)26-18/h4-7,10-11,19-20H,3,8-9,13H2,1-2H3,(H,25,31)(H,27,32). The van der Waals surface area contributed by atoms with E-state index in [0.29, 0.717) is 23.8 Å². The molecule has 2 unspecified atom stereocenters. The van der Waals surface area contributed by atoms with Gasteiger partial charge < -0.3 is 10.6 Å². The first kappa shape index (κ1) is 23.2. The lowest BCUT2D eigenvalue weighted by molar-refractivity contribution is -0.122. The highest BCUT2D eigenvalue weighted by Gasteiger charge is 2.28. The molecule has 1 aromatic carbocycles. The van der Waals surface area contributed by atoms with Crippen molar-refractivity contribution < 1.29 is 9.59 Å². The fourth-order valence-electron chi connectivity index (χ4n) is 3.19. The Morgan fingerprint density at radius 1 is 1.31 bits per heavy atom. The molecule has 2 aromatic rings. The molecule has 1 aliphatic rings. The number of nitrogens with zero attached hydrogens (tertiary/aromatic N) is 5.